The molecule has 0 spiro atoms. The third-order valence-corrected chi connectivity index (χ3v) is 4.63. The van der Waals surface area contributed by atoms with Gasteiger partial charge in [-0.1, -0.05) is 0 Å². The molecule has 0 aliphatic carbocycles. The maximum Gasteiger partial charge on any atom is 0.283 e. The molecular formula is C13H20ClN3O3S. The minimum atomic E-state index is -0.428. The topological polar surface area (TPSA) is 75.5 Å². The Labute approximate surface area is 134 Å². The van der Waals surface area contributed by atoms with E-state index in [0.717, 1.165) is 32.5 Å². The average Bonchev–Trinajstić information content (AvgIpc) is 2.81. The number of piperidine rings is 1. The van der Waals surface area contributed by atoms with Crippen LogP contribution in [0.5, 0.6) is 0 Å². The predicted octanol–water partition coefficient (Wildman–Crippen LogP) is 2.46. The van der Waals surface area contributed by atoms with Crippen molar-refractivity contribution >= 4 is 35.3 Å². The van der Waals surface area contributed by atoms with Crippen LogP contribution in [-0.2, 0) is 0 Å². The average molecular weight is 334 g/mol. The highest BCUT2D eigenvalue weighted by atomic mass is 35.5. The maximum absolute atomic E-state index is 12.4. The lowest BCUT2D eigenvalue weighted by Gasteiger charge is -2.32. The summed E-state index contributed by atoms with van der Waals surface area (Å²) in [6.07, 6.45) is 2.11. The molecule has 1 N–H and O–H groups in total. The lowest BCUT2D eigenvalue weighted by Crippen LogP contribution is -2.42. The zero-order valence-electron chi connectivity index (χ0n) is 12.1. The van der Waals surface area contributed by atoms with Crippen molar-refractivity contribution in [1.82, 2.24) is 10.2 Å². The number of nitrogens with zero attached hydrogens (tertiary/aromatic N) is 2. The van der Waals surface area contributed by atoms with Crippen LogP contribution in [0.4, 0.5) is 5.69 Å². The van der Waals surface area contributed by atoms with Gasteiger partial charge in [0.05, 0.1) is 14.7 Å². The molecule has 21 heavy (non-hydrogen) atoms. The molecule has 1 aliphatic heterocycles. The summed E-state index contributed by atoms with van der Waals surface area (Å²) >= 11 is 1.21. The van der Waals surface area contributed by atoms with Crippen molar-refractivity contribution in [2.24, 2.45) is 5.92 Å². The summed E-state index contributed by atoms with van der Waals surface area (Å²) in [6.45, 7) is 4.04. The SMILES string of the molecule is CNCC1CCCN(C(=O)c2cc([N+](=O)[O-])c(C)s2)C1.Cl. The number of nitrogens with one attached hydrogen (secondary N) is 1. The second-order valence-corrected chi connectivity index (χ2v) is 6.38. The third kappa shape index (κ3) is 4.15. The molecule has 1 aromatic heterocycles. The molecule has 8 heteroatoms. The number of carbonyl (C=O) groups excluding carboxylic acids is 1. The molecule has 1 fully saturated rings. The Morgan fingerprint density at radius 3 is 2.90 bits per heavy atom. The first-order chi connectivity index (χ1) is 9.52. The highest BCUT2D eigenvalue weighted by Gasteiger charge is 2.27. The van der Waals surface area contributed by atoms with Gasteiger partial charge in [-0.05, 0) is 39.3 Å². The van der Waals surface area contributed by atoms with E-state index in [-0.39, 0.29) is 24.0 Å². The van der Waals surface area contributed by atoms with Gasteiger partial charge in [0.15, 0.2) is 0 Å². The second kappa shape index (κ2) is 7.72. The largest absolute Gasteiger partial charge is 0.338 e. The van der Waals surface area contributed by atoms with Crippen molar-refractivity contribution in [3.05, 3.63) is 25.9 Å². The van der Waals surface area contributed by atoms with Crippen LogP contribution in [0.25, 0.3) is 0 Å². The number of hydrogen-bond acceptors (Lipinski definition) is 5. The van der Waals surface area contributed by atoms with E-state index in [4.69, 9.17) is 0 Å². The van der Waals surface area contributed by atoms with Crippen LogP contribution in [0.3, 0.4) is 0 Å². The van der Waals surface area contributed by atoms with Crippen molar-refractivity contribution in [3.8, 4) is 0 Å². The molecule has 1 saturated heterocycles. The number of rotatable bonds is 4. The number of aryl methyl sites for hydroxylation is 1. The number of amides is 1. The Hall–Kier alpha value is -1.18. The molecule has 1 amide bonds. The van der Waals surface area contributed by atoms with Crippen LogP contribution >= 0.6 is 23.7 Å². The highest BCUT2D eigenvalue weighted by Crippen LogP contribution is 2.30. The van der Waals surface area contributed by atoms with Gasteiger partial charge in [0, 0.05) is 19.2 Å². The van der Waals surface area contributed by atoms with Gasteiger partial charge in [0.2, 0.25) is 0 Å². The molecular weight excluding hydrogens is 314 g/mol. The Balaban J connectivity index is 0.00000220. The minimum Gasteiger partial charge on any atom is -0.338 e. The summed E-state index contributed by atoms with van der Waals surface area (Å²) in [5, 5.41) is 14.0. The summed E-state index contributed by atoms with van der Waals surface area (Å²) in [6, 6.07) is 1.41. The van der Waals surface area contributed by atoms with E-state index in [0.29, 0.717) is 15.7 Å². The normalized spacial score (nSPS) is 18.2. The standard InChI is InChI=1S/C13H19N3O3S.ClH/c1-9-11(16(18)19)6-12(20-9)13(17)15-5-3-4-10(8-15)7-14-2;/h6,10,14H,3-5,7-8H2,1-2H3;1H. The van der Waals surface area contributed by atoms with Crippen LogP contribution in [0.1, 0.15) is 27.4 Å². The maximum atomic E-state index is 12.4. The molecule has 2 heterocycles. The summed E-state index contributed by atoms with van der Waals surface area (Å²) in [4.78, 5) is 25.7. The van der Waals surface area contributed by atoms with Gasteiger partial charge in [0.25, 0.3) is 11.6 Å². The molecule has 1 atom stereocenters. The second-order valence-electron chi connectivity index (χ2n) is 5.13. The summed E-state index contributed by atoms with van der Waals surface area (Å²) in [7, 11) is 1.91. The first-order valence-electron chi connectivity index (χ1n) is 6.71. The van der Waals surface area contributed by atoms with Crippen LogP contribution in [0.2, 0.25) is 0 Å². The zero-order valence-corrected chi connectivity index (χ0v) is 13.8. The van der Waals surface area contributed by atoms with Gasteiger partial charge in [0.1, 0.15) is 0 Å². The van der Waals surface area contributed by atoms with Crippen molar-refractivity contribution < 1.29 is 9.72 Å². The molecule has 2 rings (SSSR count). The molecule has 1 unspecified atom stereocenters. The van der Waals surface area contributed by atoms with E-state index in [1.165, 1.54) is 17.4 Å². The van der Waals surface area contributed by atoms with E-state index >= 15 is 0 Å². The minimum absolute atomic E-state index is 0. The lowest BCUT2D eigenvalue weighted by molar-refractivity contribution is -0.385. The van der Waals surface area contributed by atoms with Crippen molar-refractivity contribution in [2.45, 2.75) is 19.8 Å². The number of hydrogen-bond donors (Lipinski definition) is 1. The molecule has 118 valence electrons. The Morgan fingerprint density at radius 1 is 1.62 bits per heavy atom. The van der Waals surface area contributed by atoms with Gasteiger partial charge >= 0.3 is 0 Å². The monoisotopic (exact) mass is 333 g/mol. The van der Waals surface area contributed by atoms with E-state index in [2.05, 4.69) is 5.32 Å². The number of likely N-dealkylation sites (tertiary alicyclic amines) is 1. The van der Waals surface area contributed by atoms with E-state index in [1.807, 2.05) is 11.9 Å². The summed E-state index contributed by atoms with van der Waals surface area (Å²) < 4.78 is 0. The Kier molecular flexibility index (Phi) is 6.57. The number of nitro groups is 1. The Bertz CT molecular complexity index is 519. The van der Waals surface area contributed by atoms with Crippen molar-refractivity contribution in [2.75, 3.05) is 26.7 Å². The number of halogens is 1. The molecule has 1 aromatic rings. The smallest absolute Gasteiger partial charge is 0.283 e. The first-order valence-corrected chi connectivity index (χ1v) is 7.53. The van der Waals surface area contributed by atoms with E-state index in [1.54, 1.807) is 6.92 Å². The van der Waals surface area contributed by atoms with Gasteiger partial charge in [-0.3, -0.25) is 14.9 Å². The predicted molar refractivity (Wildman–Crippen MR) is 85.5 cm³/mol. The fraction of sp³-hybridized carbons (Fsp3) is 0.615. The van der Waals surface area contributed by atoms with Gasteiger partial charge < -0.3 is 10.2 Å². The van der Waals surface area contributed by atoms with Gasteiger partial charge in [-0.15, -0.1) is 23.7 Å². The summed E-state index contributed by atoms with van der Waals surface area (Å²) in [5.41, 5.74) is 0.0436. The van der Waals surface area contributed by atoms with E-state index in [9.17, 15) is 14.9 Å². The zero-order chi connectivity index (χ0) is 14.7. The van der Waals surface area contributed by atoms with E-state index < -0.39 is 4.92 Å². The van der Waals surface area contributed by atoms with Crippen molar-refractivity contribution in [3.63, 3.8) is 0 Å². The quantitative estimate of drug-likeness (QED) is 0.678. The number of thiophene rings is 1. The Morgan fingerprint density at radius 2 is 2.33 bits per heavy atom. The third-order valence-electron chi connectivity index (χ3n) is 3.60. The molecule has 0 bridgehead atoms. The molecule has 0 radical (unpaired) electrons. The van der Waals surface area contributed by atoms with Gasteiger partial charge in [-0.2, -0.15) is 0 Å². The van der Waals surface area contributed by atoms with Gasteiger partial charge in [-0.25, -0.2) is 0 Å². The van der Waals surface area contributed by atoms with Crippen LogP contribution < -0.4 is 5.32 Å². The fourth-order valence-electron chi connectivity index (χ4n) is 2.62. The molecule has 1 aliphatic rings. The molecule has 0 aromatic carbocycles. The van der Waals surface area contributed by atoms with Crippen LogP contribution in [-0.4, -0.2) is 42.4 Å². The van der Waals surface area contributed by atoms with Crippen LogP contribution in [0, 0.1) is 23.0 Å². The molecule has 6 nitrogen and oxygen atoms in total. The molecule has 0 saturated carbocycles. The first kappa shape index (κ1) is 17.9. The summed E-state index contributed by atoms with van der Waals surface area (Å²) in [5.74, 6) is 0.390. The fourth-order valence-corrected chi connectivity index (χ4v) is 3.57. The van der Waals surface area contributed by atoms with Crippen LogP contribution in [0.15, 0.2) is 6.07 Å². The lowest BCUT2D eigenvalue weighted by atomic mass is 9.98. The highest BCUT2D eigenvalue weighted by molar-refractivity contribution is 7.14. The number of carbonyl (C=O) groups is 1. The van der Waals surface area contributed by atoms with Crippen molar-refractivity contribution in [1.29, 1.82) is 0 Å².